The van der Waals surface area contributed by atoms with Crippen LogP contribution in [-0.4, -0.2) is 32.3 Å². The van der Waals surface area contributed by atoms with Crippen LogP contribution < -0.4 is 10.6 Å². The molecule has 1 saturated carbocycles. The molecular formula is C16H25FN2O. The first kappa shape index (κ1) is 15.3. The van der Waals surface area contributed by atoms with Crippen LogP contribution in [0.5, 0.6) is 0 Å². The zero-order valence-electron chi connectivity index (χ0n) is 12.2. The lowest BCUT2D eigenvalue weighted by Crippen LogP contribution is -2.41. The molecule has 0 radical (unpaired) electrons. The number of rotatable bonds is 6. The third-order valence-corrected chi connectivity index (χ3v) is 4.13. The highest BCUT2D eigenvalue weighted by Gasteiger charge is 2.26. The van der Waals surface area contributed by atoms with Crippen molar-refractivity contribution in [3.63, 3.8) is 0 Å². The third-order valence-electron chi connectivity index (χ3n) is 4.13. The van der Waals surface area contributed by atoms with E-state index in [-0.39, 0.29) is 5.82 Å². The van der Waals surface area contributed by atoms with E-state index in [4.69, 9.17) is 10.5 Å². The summed E-state index contributed by atoms with van der Waals surface area (Å²) in [6.45, 7) is 1.60. The summed E-state index contributed by atoms with van der Waals surface area (Å²) < 4.78 is 18.6. The van der Waals surface area contributed by atoms with Crippen molar-refractivity contribution in [1.82, 2.24) is 0 Å². The highest BCUT2D eigenvalue weighted by atomic mass is 19.1. The predicted molar refractivity (Wildman–Crippen MR) is 80.5 cm³/mol. The van der Waals surface area contributed by atoms with Crippen LogP contribution >= 0.6 is 0 Å². The lowest BCUT2D eigenvalue weighted by Gasteiger charge is -2.38. The first-order valence-electron chi connectivity index (χ1n) is 7.49. The molecule has 1 aliphatic rings. The first-order chi connectivity index (χ1) is 9.74. The molecule has 0 aromatic heterocycles. The zero-order chi connectivity index (χ0) is 14.4. The van der Waals surface area contributed by atoms with Gasteiger partial charge in [0.15, 0.2) is 0 Å². The van der Waals surface area contributed by atoms with Crippen molar-refractivity contribution in [1.29, 1.82) is 0 Å². The van der Waals surface area contributed by atoms with E-state index in [9.17, 15) is 4.39 Å². The van der Waals surface area contributed by atoms with Gasteiger partial charge in [-0.3, -0.25) is 0 Å². The second-order valence-electron chi connectivity index (χ2n) is 5.49. The average Bonchev–Trinajstić information content (AvgIpc) is 2.49. The smallest absolute Gasteiger partial charge is 0.123 e. The monoisotopic (exact) mass is 280 g/mol. The normalized spacial score (nSPS) is 22.8. The maximum Gasteiger partial charge on any atom is 0.123 e. The molecule has 2 atom stereocenters. The minimum Gasteiger partial charge on any atom is -0.381 e. The van der Waals surface area contributed by atoms with Gasteiger partial charge in [-0.2, -0.15) is 0 Å². The fourth-order valence-electron chi connectivity index (χ4n) is 3.03. The van der Waals surface area contributed by atoms with Crippen molar-refractivity contribution in [2.45, 2.75) is 44.2 Å². The fraction of sp³-hybridized carbons (Fsp3) is 0.625. The van der Waals surface area contributed by atoms with E-state index in [1.54, 1.807) is 7.11 Å². The van der Waals surface area contributed by atoms with E-state index in [0.717, 1.165) is 31.5 Å². The van der Waals surface area contributed by atoms with E-state index in [0.29, 0.717) is 18.7 Å². The Morgan fingerprint density at radius 3 is 2.70 bits per heavy atom. The van der Waals surface area contributed by atoms with Crippen LogP contribution in [0.2, 0.25) is 0 Å². The summed E-state index contributed by atoms with van der Waals surface area (Å²) >= 11 is 0. The largest absolute Gasteiger partial charge is 0.381 e. The molecule has 1 fully saturated rings. The van der Waals surface area contributed by atoms with Gasteiger partial charge >= 0.3 is 0 Å². The molecule has 0 spiro atoms. The van der Waals surface area contributed by atoms with E-state index in [1.807, 2.05) is 12.1 Å². The lowest BCUT2D eigenvalue weighted by atomic mass is 9.91. The molecular weight excluding hydrogens is 255 g/mol. The molecule has 3 nitrogen and oxygen atoms in total. The van der Waals surface area contributed by atoms with Gasteiger partial charge in [-0.1, -0.05) is 0 Å². The second-order valence-corrected chi connectivity index (χ2v) is 5.49. The molecule has 2 rings (SSSR count). The van der Waals surface area contributed by atoms with Gasteiger partial charge in [0.1, 0.15) is 5.82 Å². The summed E-state index contributed by atoms with van der Waals surface area (Å²) in [7, 11) is 1.79. The van der Waals surface area contributed by atoms with Gasteiger partial charge in [0.05, 0.1) is 6.10 Å². The molecule has 0 aliphatic heterocycles. The van der Waals surface area contributed by atoms with Gasteiger partial charge in [-0.15, -0.1) is 0 Å². The molecule has 0 saturated heterocycles. The fourth-order valence-corrected chi connectivity index (χ4v) is 3.03. The first-order valence-corrected chi connectivity index (χ1v) is 7.49. The lowest BCUT2D eigenvalue weighted by molar-refractivity contribution is 0.0630. The Bertz CT molecular complexity index is 396. The number of nitrogens with zero attached hydrogens (tertiary/aromatic N) is 1. The Hall–Kier alpha value is -1.13. The molecule has 2 N–H and O–H groups in total. The van der Waals surface area contributed by atoms with Crippen LogP contribution in [0, 0.1) is 5.82 Å². The minimum atomic E-state index is -0.189. The van der Waals surface area contributed by atoms with Crippen LogP contribution in [0.3, 0.4) is 0 Å². The molecule has 112 valence electrons. The van der Waals surface area contributed by atoms with Crippen molar-refractivity contribution in [2.24, 2.45) is 5.73 Å². The van der Waals surface area contributed by atoms with E-state index in [2.05, 4.69) is 4.90 Å². The van der Waals surface area contributed by atoms with E-state index in [1.165, 1.54) is 25.0 Å². The van der Waals surface area contributed by atoms with Crippen molar-refractivity contribution in [3.8, 4) is 0 Å². The Labute approximate surface area is 120 Å². The van der Waals surface area contributed by atoms with Gasteiger partial charge in [-0.25, -0.2) is 4.39 Å². The molecule has 1 aromatic carbocycles. The Balaban J connectivity index is 2.11. The van der Waals surface area contributed by atoms with E-state index >= 15 is 0 Å². The van der Waals surface area contributed by atoms with Crippen LogP contribution in [0.15, 0.2) is 24.3 Å². The van der Waals surface area contributed by atoms with Crippen molar-refractivity contribution in [2.75, 3.05) is 25.1 Å². The summed E-state index contributed by atoms with van der Waals surface area (Å²) in [6, 6.07) is 7.25. The SMILES string of the molecule is COC1CCCC(N(CCCN)c2ccc(F)cc2)C1. The topological polar surface area (TPSA) is 38.5 Å². The van der Waals surface area contributed by atoms with Crippen molar-refractivity contribution < 1.29 is 9.13 Å². The van der Waals surface area contributed by atoms with Crippen molar-refractivity contribution >= 4 is 5.69 Å². The quantitative estimate of drug-likeness (QED) is 0.870. The summed E-state index contributed by atoms with van der Waals surface area (Å²) in [5.74, 6) is -0.189. The minimum absolute atomic E-state index is 0.189. The Morgan fingerprint density at radius 2 is 2.05 bits per heavy atom. The molecule has 0 bridgehead atoms. The average molecular weight is 280 g/mol. The number of nitrogens with two attached hydrogens (primary N) is 1. The summed E-state index contributed by atoms with van der Waals surface area (Å²) in [6.07, 6.45) is 5.82. The molecule has 1 aliphatic carbocycles. The van der Waals surface area contributed by atoms with Gasteiger partial charge in [0, 0.05) is 25.4 Å². The molecule has 4 heteroatoms. The van der Waals surface area contributed by atoms with Gasteiger partial charge in [0.25, 0.3) is 0 Å². The third kappa shape index (κ3) is 3.93. The summed E-state index contributed by atoms with van der Waals surface area (Å²) in [5, 5.41) is 0. The Morgan fingerprint density at radius 1 is 1.30 bits per heavy atom. The second kappa shape index (κ2) is 7.60. The zero-order valence-corrected chi connectivity index (χ0v) is 12.2. The number of hydrogen-bond acceptors (Lipinski definition) is 3. The van der Waals surface area contributed by atoms with Crippen molar-refractivity contribution in [3.05, 3.63) is 30.1 Å². The number of methoxy groups -OCH3 is 1. The summed E-state index contributed by atoms with van der Waals surface area (Å²) in [5.41, 5.74) is 6.74. The molecule has 0 amide bonds. The number of hydrogen-bond donors (Lipinski definition) is 1. The van der Waals surface area contributed by atoms with Crippen LogP contribution in [0.25, 0.3) is 0 Å². The number of anilines is 1. The van der Waals surface area contributed by atoms with E-state index < -0.39 is 0 Å². The summed E-state index contributed by atoms with van der Waals surface area (Å²) in [4.78, 5) is 2.37. The Kier molecular flexibility index (Phi) is 5.80. The number of benzene rings is 1. The highest BCUT2D eigenvalue weighted by Crippen LogP contribution is 2.29. The molecule has 2 unspecified atom stereocenters. The van der Waals surface area contributed by atoms with Crippen LogP contribution in [0.1, 0.15) is 32.1 Å². The number of ether oxygens (including phenoxy) is 1. The van der Waals surface area contributed by atoms with Gasteiger partial charge in [-0.05, 0) is 62.9 Å². The van der Waals surface area contributed by atoms with Gasteiger partial charge < -0.3 is 15.4 Å². The number of halogens is 1. The van der Waals surface area contributed by atoms with Crippen LogP contribution in [-0.2, 0) is 4.74 Å². The standard InChI is InChI=1S/C16H25FN2O/c1-20-16-5-2-4-15(12-16)19(11-3-10-18)14-8-6-13(17)7-9-14/h6-9,15-16H,2-5,10-12,18H2,1H3. The molecule has 1 aromatic rings. The molecule has 0 heterocycles. The van der Waals surface area contributed by atoms with Crippen LogP contribution in [0.4, 0.5) is 10.1 Å². The predicted octanol–water partition coefficient (Wildman–Crippen LogP) is 2.94. The van der Waals surface area contributed by atoms with Gasteiger partial charge in [0.2, 0.25) is 0 Å². The maximum atomic E-state index is 13.1. The molecule has 20 heavy (non-hydrogen) atoms. The maximum absolute atomic E-state index is 13.1. The highest BCUT2D eigenvalue weighted by molar-refractivity contribution is 5.47.